The molecule has 3 nitrogen and oxygen atoms in total. The number of hydrogen-bond acceptors (Lipinski definition) is 2. The first-order valence-electron chi connectivity index (χ1n) is 7.65. The van der Waals surface area contributed by atoms with Crippen molar-refractivity contribution < 1.29 is 5.11 Å². The van der Waals surface area contributed by atoms with E-state index in [4.69, 9.17) is 0 Å². The van der Waals surface area contributed by atoms with E-state index in [1.807, 2.05) is 12.5 Å². The largest absolute Gasteiger partial charge is 0.390 e. The van der Waals surface area contributed by atoms with Crippen molar-refractivity contribution in [1.82, 2.24) is 9.55 Å². The fourth-order valence-corrected chi connectivity index (χ4v) is 3.95. The molecule has 3 heteroatoms. The minimum atomic E-state index is -0.299. The van der Waals surface area contributed by atoms with E-state index in [1.54, 1.807) is 0 Å². The van der Waals surface area contributed by atoms with E-state index in [0.717, 1.165) is 18.5 Å². The smallest absolute Gasteiger partial charge is 0.0957 e. The van der Waals surface area contributed by atoms with Gasteiger partial charge in [0.25, 0.3) is 0 Å². The van der Waals surface area contributed by atoms with Crippen LogP contribution in [0.1, 0.15) is 43.7 Å². The van der Waals surface area contributed by atoms with Gasteiger partial charge in [-0.25, -0.2) is 4.98 Å². The Bertz CT molecular complexity index is 613. The molecular formula is C17H20N2O. The molecule has 1 aliphatic heterocycles. The molecule has 104 valence electrons. The fraction of sp³-hybridized carbons (Fsp3) is 0.471. The van der Waals surface area contributed by atoms with E-state index in [1.165, 1.54) is 30.4 Å². The summed E-state index contributed by atoms with van der Waals surface area (Å²) in [6.45, 7) is 0. The van der Waals surface area contributed by atoms with Gasteiger partial charge in [-0.05, 0) is 24.3 Å². The summed E-state index contributed by atoms with van der Waals surface area (Å²) < 4.78 is 2.16. The maximum Gasteiger partial charge on any atom is 0.0957 e. The normalized spacial score (nSPS) is 23.4. The molecule has 1 saturated carbocycles. The Morgan fingerprint density at radius 1 is 1.15 bits per heavy atom. The second-order valence-corrected chi connectivity index (χ2v) is 6.11. The van der Waals surface area contributed by atoms with E-state index < -0.39 is 0 Å². The van der Waals surface area contributed by atoms with Crippen LogP contribution in [0.15, 0.2) is 36.8 Å². The van der Waals surface area contributed by atoms with Crippen LogP contribution in [0, 0.1) is 5.92 Å². The van der Waals surface area contributed by atoms with Gasteiger partial charge in [-0.3, -0.25) is 0 Å². The molecular weight excluding hydrogens is 248 g/mol. The third-order valence-corrected chi connectivity index (χ3v) is 4.98. The highest BCUT2D eigenvalue weighted by molar-refractivity contribution is 5.69. The Balaban J connectivity index is 1.74. The molecule has 2 aliphatic rings. The maximum atomic E-state index is 10.9. The van der Waals surface area contributed by atoms with Gasteiger partial charge in [-0.15, -0.1) is 0 Å². The quantitative estimate of drug-likeness (QED) is 0.906. The topological polar surface area (TPSA) is 38.1 Å². The van der Waals surface area contributed by atoms with Crippen molar-refractivity contribution in [1.29, 1.82) is 0 Å². The van der Waals surface area contributed by atoms with E-state index >= 15 is 0 Å². The van der Waals surface area contributed by atoms with Crippen molar-refractivity contribution in [3.63, 3.8) is 0 Å². The van der Waals surface area contributed by atoms with Crippen LogP contribution in [0.4, 0.5) is 0 Å². The molecule has 0 amide bonds. The number of benzene rings is 1. The highest BCUT2D eigenvalue weighted by Gasteiger charge is 2.37. The summed E-state index contributed by atoms with van der Waals surface area (Å²) in [5.74, 6) is 0.426. The van der Waals surface area contributed by atoms with E-state index in [9.17, 15) is 5.11 Å². The molecule has 0 radical (unpaired) electrons. The molecule has 1 aromatic heterocycles. The van der Waals surface area contributed by atoms with Crippen LogP contribution in [0.3, 0.4) is 0 Å². The van der Waals surface area contributed by atoms with E-state index in [0.29, 0.717) is 5.92 Å². The Kier molecular flexibility index (Phi) is 2.88. The van der Waals surface area contributed by atoms with Gasteiger partial charge in [0.15, 0.2) is 0 Å². The van der Waals surface area contributed by atoms with Crippen LogP contribution in [-0.4, -0.2) is 20.8 Å². The van der Waals surface area contributed by atoms with Gasteiger partial charge in [-0.1, -0.05) is 43.5 Å². The molecule has 0 saturated heterocycles. The number of nitrogens with zero attached hydrogens (tertiary/aromatic N) is 2. The van der Waals surface area contributed by atoms with Crippen LogP contribution in [0.5, 0.6) is 0 Å². The summed E-state index contributed by atoms with van der Waals surface area (Å²) in [6.07, 6.45) is 9.62. The van der Waals surface area contributed by atoms with Crippen molar-refractivity contribution in [3.05, 3.63) is 42.4 Å². The van der Waals surface area contributed by atoms with Gasteiger partial charge in [0.1, 0.15) is 0 Å². The first-order valence-corrected chi connectivity index (χ1v) is 7.65. The monoisotopic (exact) mass is 268 g/mol. The minimum absolute atomic E-state index is 0.0480. The van der Waals surface area contributed by atoms with Crippen LogP contribution in [0.25, 0.3) is 11.3 Å². The Hall–Kier alpha value is -1.61. The average molecular weight is 268 g/mol. The Morgan fingerprint density at radius 2 is 1.95 bits per heavy atom. The molecule has 0 spiro atoms. The van der Waals surface area contributed by atoms with Crippen molar-refractivity contribution in [3.8, 4) is 11.3 Å². The molecule has 1 aromatic carbocycles. The van der Waals surface area contributed by atoms with Crippen molar-refractivity contribution in [2.24, 2.45) is 5.92 Å². The first-order chi connectivity index (χ1) is 9.86. The highest BCUT2D eigenvalue weighted by atomic mass is 16.3. The number of rotatable bonds is 2. The lowest BCUT2D eigenvalue weighted by Gasteiger charge is -2.31. The number of aliphatic hydroxyl groups is 1. The fourth-order valence-electron chi connectivity index (χ4n) is 3.95. The zero-order valence-corrected chi connectivity index (χ0v) is 11.6. The summed E-state index contributed by atoms with van der Waals surface area (Å²) in [5.41, 5.74) is 3.62. The van der Waals surface area contributed by atoms with Crippen LogP contribution >= 0.6 is 0 Å². The lowest BCUT2D eigenvalue weighted by Crippen LogP contribution is -2.31. The van der Waals surface area contributed by atoms with Gasteiger partial charge in [-0.2, -0.15) is 0 Å². The second kappa shape index (κ2) is 4.74. The van der Waals surface area contributed by atoms with E-state index in [-0.39, 0.29) is 12.1 Å². The van der Waals surface area contributed by atoms with Crippen molar-refractivity contribution >= 4 is 0 Å². The standard InChI is InChI=1S/C17H20N2O/c20-17(12-6-2-1-3-7-12)16-14-9-5-4-8-13(14)15-10-18-11-19(15)16/h4-5,8-12,16-17,20H,1-3,6-7H2/t16?,17-/m1/s1. The Morgan fingerprint density at radius 3 is 2.80 bits per heavy atom. The molecule has 2 heterocycles. The van der Waals surface area contributed by atoms with Gasteiger partial charge >= 0.3 is 0 Å². The maximum absolute atomic E-state index is 10.9. The number of aromatic nitrogens is 2. The third-order valence-electron chi connectivity index (χ3n) is 4.98. The summed E-state index contributed by atoms with van der Waals surface area (Å²) in [5, 5.41) is 10.9. The summed E-state index contributed by atoms with van der Waals surface area (Å²) in [7, 11) is 0. The number of fused-ring (bicyclic) bond motifs is 3. The summed E-state index contributed by atoms with van der Waals surface area (Å²) >= 11 is 0. The zero-order valence-electron chi connectivity index (χ0n) is 11.6. The number of hydrogen-bond donors (Lipinski definition) is 1. The van der Waals surface area contributed by atoms with Gasteiger partial charge in [0.05, 0.1) is 30.4 Å². The molecule has 2 atom stereocenters. The van der Waals surface area contributed by atoms with E-state index in [2.05, 4.69) is 33.8 Å². The van der Waals surface area contributed by atoms with Crippen molar-refractivity contribution in [2.45, 2.75) is 44.2 Å². The van der Waals surface area contributed by atoms with Gasteiger partial charge in [0, 0.05) is 5.56 Å². The first kappa shape index (κ1) is 12.2. The minimum Gasteiger partial charge on any atom is -0.390 e. The number of aliphatic hydroxyl groups excluding tert-OH is 1. The predicted molar refractivity (Wildman–Crippen MR) is 78.4 cm³/mol. The highest BCUT2D eigenvalue weighted by Crippen LogP contribution is 2.44. The van der Waals surface area contributed by atoms with Crippen LogP contribution in [-0.2, 0) is 0 Å². The third kappa shape index (κ3) is 1.73. The zero-order chi connectivity index (χ0) is 13.5. The molecule has 20 heavy (non-hydrogen) atoms. The number of imidazole rings is 1. The molecule has 1 aliphatic carbocycles. The molecule has 0 bridgehead atoms. The van der Waals surface area contributed by atoms with Crippen molar-refractivity contribution in [2.75, 3.05) is 0 Å². The molecule has 4 rings (SSSR count). The Labute approximate surface area is 119 Å². The average Bonchev–Trinajstić information content (AvgIpc) is 3.08. The molecule has 1 unspecified atom stereocenters. The summed E-state index contributed by atoms with van der Waals surface area (Å²) in [4.78, 5) is 4.27. The second-order valence-electron chi connectivity index (χ2n) is 6.11. The predicted octanol–water partition coefficient (Wildman–Crippen LogP) is 3.39. The summed E-state index contributed by atoms with van der Waals surface area (Å²) in [6, 6.07) is 8.46. The van der Waals surface area contributed by atoms with Crippen LogP contribution in [0.2, 0.25) is 0 Å². The van der Waals surface area contributed by atoms with Gasteiger partial charge < -0.3 is 9.67 Å². The lowest BCUT2D eigenvalue weighted by molar-refractivity contribution is 0.0536. The molecule has 2 aromatic rings. The molecule has 1 N–H and O–H groups in total. The lowest BCUT2D eigenvalue weighted by atomic mass is 9.81. The molecule has 1 fully saturated rings. The van der Waals surface area contributed by atoms with Gasteiger partial charge in [0.2, 0.25) is 0 Å². The van der Waals surface area contributed by atoms with Crippen LogP contribution < -0.4 is 0 Å². The SMILES string of the molecule is O[C@H](C1CCCCC1)C1c2ccccc2-c2cncn21.